The Balaban J connectivity index is 1.72. The number of hydrogen-bond acceptors (Lipinski definition) is 4. The summed E-state index contributed by atoms with van der Waals surface area (Å²) in [7, 11) is -3.93. The van der Waals surface area contributed by atoms with Crippen molar-refractivity contribution in [2.75, 3.05) is 10.6 Å². The first-order valence-corrected chi connectivity index (χ1v) is 11.2. The quantitative estimate of drug-likeness (QED) is 0.602. The molecule has 0 fully saturated rings. The summed E-state index contributed by atoms with van der Waals surface area (Å²) in [5.74, 6) is -2.05. The zero-order chi connectivity index (χ0) is 22.8. The van der Waals surface area contributed by atoms with E-state index in [2.05, 4.69) is 10.3 Å². The first-order chi connectivity index (χ1) is 14.6. The van der Waals surface area contributed by atoms with Crippen LogP contribution < -0.4 is 9.62 Å². The van der Waals surface area contributed by atoms with Crippen molar-refractivity contribution in [3.8, 4) is 5.69 Å². The second-order valence-corrected chi connectivity index (χ2v) is 8.92. The van der Waals surface area contributed by atoms with Gasteiger partial charge in [-0.2, -0.15) is 0 Å². The summed E-state index contributed by atoms with van der Waals surface area (Å²) < 4.78 is 54.0. The first-order valence-electron chi connectivity index (χ1n) is 9.39. The Morgan fingerprint density at radius 3 is 2.39 bits per heavy atom. The van der Waals surface area contributed by atoms with Crippen molar-refractivity contribution in [2.45, 2.75) is 26.4 Å². The molecule has 10 heteroatoms. The molecule has 1 heterocycles. The topological polar surface area (TPSA) is 84.3 Å². The molecule has 0 saturated heterocycles. The van der Waals surface area contributed by atoms with Gasteiger partial charge in [-0.3, -0.25) is 9.10 Å². The number of imidazole rings is 1. The van der Waals surface area contributed by atoms with Crippen molar-refractivity contribution in [3.63, 3.8) is 0 Å². The maximum absolute atomic E-state index is 13.6. The molecule has 3 rings (SSSR count). The summed E-state index contributed by atoms with van der Waals surface area (Å²) >= 11 is 0. The lowest BCUT2D eigenvalue weighted by Gasteiger charge is -2.28. The number of benzene rings is 2. The molecule has 2 aromatic carbocycles. The van der Waals surface area contributed by atoms with Crippen LogP contribution in [0.3, 0.4) is 0 Å². The Bertz CT molecular complexity index is 1190. The number of halogens is 2. The van der Waals surface area contributed by atoms with E-state index in [1.807, 2.05) is 42.0 Å². The lowest BCUT2D eigenvalue weighted by Crippen LogP contribution is -2.47. The highest BCUT2D eigenvalue weighted by Gasteiger charge is 2.29. The number of anilines is 1. The predicted molar refractivity (Wildman–Crippen MR) is 113 cm³/mol. The number of aromatic nitrogens is 2. The number of amides is 1. The van der Waals surface area contributed by atoms with Crippen LogP contribution in [0, 0.1) is 18.6 Å². The molecule has 164 valence electrons. The summed E-state index contributed by atoms with van der Waals surface area (Å²) in [6.45, 7) is 3.43. The second-order valence-electron chi connectivity index (χ2n) is 7.06. The van der Waals surface area contributed by atoms with Gasteiger partial charge < -0.3 is 9.88 Å². The number of carbonyl (C=O) groups is 1. The van der Waals surface area contributed by atoms with Gasteiger partial charge in [-0.15, -0.1) is 0 Å². The van der Waals surface area contributed by atoms with Crippen LogP contribution in [0.15, 0.2) is 54.9 Å². The van der Waals surface area contributed by atoms with Crippen molar-refractivity contribution in [1.29, 1.82) is 0 Å². The maximum Gasteiger partial charge on any atom is 0.243 e. The minimum absolute atomic E-state index is 0.135. The lowest BCUT2D eigenvalue weighted by atomic mass is 10.2. The van der Waals surface area contributed by atoms with Gasteiger partial charge in [0.2, 0.25) is 15.9 Å². The van der Waals surface area contributed by atoms with Gasteiger partial charge in [-0.1, -0.05) is 12.1 Å². The van der Waals surface area contributed by atoms with Gasteiger partial charge in [-0.25, -0.2) is 22.2 Å². The minimum atomic E-state index is -3.93. The monoisotopic (exact) mass is 448 g/mol. The van der Waals surface area contributed by atoms with E-state index in [0.717, 1.165) is 45.8 Å². The van der Waals surface area contributed by atoms with Crippen LogP contribution in [0.5, 0.6) is 0 Å². The van der Waals surface area contributed by atoms with E-state index in [1.165, 1.54) is 6.92 Å². The first kappa shape index (κ1) is 22.4. The predicted octanol–water partition coefficient (Wildman–Crippen LogP) is 2.93. The van der Waals surface area contributed by atoms with Gasteiger partial charge in [0, 0.05) is 30.7 Å². The number of sulfonamides is 1. The molecule has 0 saturated carbocycles. The van der Waals surface area contributed by atoms with E-state index in [4.69, 9.17) is 0 Å². The summed E-state index contributed by atoms with van der Waals surface area (Å²) in [4.78, 5) is 16.8. The third-order valence-corrected chi connectivity index (χ3v) is 5.99. The highest BCUT2D eigenvalue weighted by Crippen LogP contribution is 2.23. The molecule has 0 spiro atoms. The van der Waals surface area contributed by atoms with Crippen molar-refractivity contribution < 1.29 is 22.0 Å². The Hall–Kier alpha value is -3.27. The summed E-state index contributed by atoms with van der Waals surface area (Å²) in [6.07, 6.45) is 4.44. The number of carbonyl (C=O) groups excluding carboxylic acids is 1. The molecule has 3 aromatic rings. The largest absolute Gasteiger partial charge is 0.350 e. The van der Waals surface area contributed by atoms with E-state index < -0.39 is 33.6 Å². The molecular weight excluding hydrogens is 426 g/mol. The third-order valence-electron chi connectivity index (χ3n) is 4.75. The Morgan fingerprint density at radius 2 is 1.84 bits per heavy atom. The van der Waals surface area contributed by atoms with Gasteiger partial charge in [0.15, 0.2) is 11.6 Å². The molecule has 0 radical (unpaired) electrons. The van der Waals surface area contributed by atoms with E-state index in [-0.39, 0.29) is 12.2 Å². The van der Waals surface area contributed by atoms with Gasteiger partial charge in [0.1, 0.15) is 11.9 Å². The maximum atomic E-state index is 13.6. The molecule has 0 aliphatic heterocycles. The zero-order valence-corrected chi connectivity index (χ0v) is 18.0. The Kier molecular flexibility index (Phi) is 6.40. The minimum Gasteiger partial charge on any atom is -0.350 e. The molecule has 1 N–H and O–H groups in total. The molecule has 1 atom stereocenters. The normalized spacial score (nSPS) is 12.4. The Morgan fingerprint density at radius 1 is 1.16 bits per heavy atom. The number of rotatable bonds is 7. The van der Waals surface area contributed by atoms with Crippen molar-refractivity contribution in [1.82, 2.24) is 14.9 Å². The van der Waals surface area contributed by atoms with Crippen LogP contribution in [0.4, 0.5) is 14.5 Å². The summed E-state index contributed by atoms with van der Waals surface area (Å²) in [5, 5.41) is 2.68. The number of nitrogens with one attached hydrogen (secondary N) is 1. The lowest BCUT2D eigenvalue weighted by molar-refractivity contribution is -0.122. The van der Waals surface area contributed by atoms with Crippen LogP contribution in [0.1, 0.15) is 18.3 Å². The number of hydrogen-bond donors (Lipinski definition) is 1. The van der Waals surface area contributed by atoms with Gasteiger partial charge in [-0.05, 0) is 43.7 Å². The number of nitrogens with zero attached hydrogens (tertiary/aromatic N) is 3. The molecule has 0 aliphatic rings. The van der Waals surface area contributed by atoms with Crippen molar-refractivity contribution in [3.05, 3.63) is 77.9 Å². The third kappa shape index (κ3) is 5.08. The standard InChI is InChI=1S/C21H22F2N4O3S/c1-14(27(31(3,29)30)18-8-9-19(22)20(23)12-18)21(28)25-13-16-4-6-17(7-5-16)26-11-10-24-15(26)2/h4-12,14H,13H2,1-3H3,(H,25,28)/t14-/m1/s1. The SMILES string of the molecule is Cc1nccn1-c1ccc(CNC(=O)[C@@H](C)N(c2ccc(F)c(F)c2)S(C)(=O)=O)cc1. The van der Waals surface area contributed by atoms with Gasteiger partial charge >= 0.3 is 0 Å². The fourth-order valence-electron chi connectivity index (χ4n) is 3.19. The van der Waals surface area contributed by atoms with E-state index >= 15 is 0 Å². The highest BCUT2D eigenvalue weighted by molar-refractivity contribution is 7.92. The highest BCUT2D eigenvalue weighted by atomic mass is 32.2. The Labute approximate surface area is 179 Å². The average molecular weight is 448 g/mol. The van der Waals surface area contributed by atoms with Crippen LogP contribution >= 0.6 is 0 Å². The molecule has 1 amide bonds. The molecule has 1 aromatic heterocycles. The second kappa shape index (κ2) is 8.84. The van der Waals surface area contributed by atoms with Crippen LogP contribution in [0.2, 0.25) is 0 Å². The molecule has 0 bridgehead atoms. The van der Waals surface area contributed by atoms with E-state index in [1.54, 1.807) is 6.20 Å². The molecule has 31 heavy (non-hydrogen) atoms. The molecule has 7 nitrogen and oxygen atoms in total. The zero-order valence-electron chi connectivity index (χ0n) is 17.2. The van der Waals surface area contributed by atoms with Crippen molar-refractivity contribution in [2.24, 2.45) is 0 Å². The summed E-state index contributed by atoms with van der Waals surface area (Å²) in [5.41, 5.74) is 1.59. The van der Waals surface area contributed by atoms with Crippen molar-refractivity contribution >= 4 is 21.6 Å². The molecule has 0 aliphatic carbocycles. The molecular formula is C21H22F2N4O3S. The molecule has 0 unspecified atom stereocenters. The fraction of sp³-hybridized carbons (Fsp3) is 0.238. The van der Waals surface area contributed by atoms with Gasteiger partial charge in [0.05, 0.1) is 11.9 Å². The van der Waals surface area contributed by atoms with Crippen LogP contribution in [-0.2, 0) is 21.4 Å². The number of aryl methyl sites for hydroxylation is 1. The van der Waals surface area contributed by atoms with E-state index in [9.17, 15) is 22.0 Å². The summed E-state index contributed by atoms with van der Waals surface area (Å²) in [6, 6.07) is 8.93. The average Bonchev–Trinajstić information content (AvgIpc) is 3.14. The van der Waals surface area contributed by atoms with Crippen LogP contribution in [-0.4, -0.2) is 36.2 Å². The van der Waals surface area contributed by atoms with E-state index in [0.29, 0.717) is 0 Å². The smallest absolute Gasteiger partial charge is 0.243 e. The van der Waals surface area contributed by atoms with Gasteiger partial charge in [0.25, 0.3) is 0 Å². The fourth-order valence-corrected chi connectivity index (χ4v) is 4.36. The van der Waals surface area contributed by atoms with Crippen LogP contribution in [0.25, 0.3) is 5.69 Å².